The molecule has 1 atom stereocenters. The van der Waals surface area contributed by atoms with Crippen molar-refractivity contribution in [3.8, 4) is 5.75 Å². The second-order valence-corrected chi connectivity index (χ2v) is 6.16. The van der Waals surface area contributed by atoms with E-state index in [0.29, 0.717) is 12.8 Å². The first-order chi connectivity index (χ1) is 12.1. The summed E-state index contributed by atoms with van der Waals surface area (Å²) in [5, 5.41) is 3.04. The highest BCUT2D eigenvalue weighted by atomic mass is 16.5. The number of hydrogen-bond acceptors (Lipinski definition) is 3. The predicted molar refractivity (Wildman–Crippen MR) is 98.6 cm³/mol. The van der Waals surface area contributed by atoms with Crippen molar-refractivity contribution in [1.29, 1.82) is 0 Å². The highest BCUT2D eigenvalue weighted by Crippen LogP contribution is 2.19. The summed E-state index contributed by atoms with van der Waals surface area (Å²) in [5.41, 5.74) is 3.13. The maximum absolute atomic E-state index is 12.3. The van der Waals surface area contributed by atoms with Crippen LogP contribution in [0.15, 0.2) is 48.5 Å². The third kappa shape index (κ3) is 3.82. The molecule has 0 aliphatic carbocycles. The quantitative estimate of drug-likeness (QED) is 0.750. The van der Waals surface area contributed by atoms with E-state index in [1.165, 1.54) is 0 Å². The van der Waals surface area contributed by atoms with Crippen LogP contribution < -0.4 is 10.1 Å². The molecule has 0 fully saturated rings. The van der Waals surface area contributed by atoms with Gasteiger partial charge in [-0.15, -0.1) is 0 Å². The Morgan fingerprint density at radius 1 is 1.20 bits per heavy atom. The number of carbonyl (C=O) groups is 1. The lowest BCUT2D eigenvalue weighted by molar-refractivity contribution is -0.121. The molecule has 0 bridgehead atoms. The number of imidazole rings is 1. The summed E-state index contributed by atoms with van der Waals surface area (Å²) in [5.74, 6) is 1.71. The molecule has 1 unspecified atom stereocenters. The van der Waals surface area contributed by atoms with Gasteiger partial charge >= 0.3 is 0 Å². The monoisotopic (exact) mass is 337 g/mol. The summed E-state index contributed by atoms with van der Waals surface area (Å²) in [6, 6.07) is 15.6. The van der Waals surface area contributed by atoms with Crippen molar-refractivity contribution in [2.45, 2.75) is 25.8 Å². The van der Waals surface area contributed by atoms with Crippen LogP contribution in [0.1, 0.15) is 30.8 Å². The van der Waals surface area contributed by atoms with Crippen LogP contribution in [0.5, 0.6) is 5.75 Å². The Balaban J connectivity index is 1.60. The van der Waals surface area contributed by atoms with E-state index in [4.69, 9.17) is 4.74 Å². The Hall–Kier alpha value is -2.82. The van der Waals surface area contributed by atoms with Crippen LogP contribution in [0, 0.1) is 0 Å². The minimum absolute atomic E-state index is 0.0235. The Morgan fingerprint density at radius 3 is 2.60 bits per heavy atom. The van der Waals surface area contributed by atoms with Gasteiger partial charge in [0.15, 0.2) is 0 Å². The standard InChI is InChI=1S/C20H23N3O2/c1-14(20-22-17-6-4-5-7-18(17)23(20)2)21-19(24)13-10-15-8-11-16(25-3)12-9-15/h4-9,11-12,14H,10,13H2,1-3H3,(H,21,24). The zero-order chi connectivity index (χ0) is 17.8. The number of hydrogen-bond donors (Lipinski definition) is 1. The van der Waals surface area contributed by atoms with E-state index in [2.05, 4.69) is 10.3 Å². The smallest absolute Gasteiger partial charge is 0.220 e. The topological polar surface area (TPSA) is 56.1 Å². The zero-order valence-electron chi connectivity index (χ0n) is 14.8. The van der Waals surface area contributed by atoms with Crippen LogP contribution in [0.2, 0.25) is 0 Å². The van der Waals surface area contributed by atoms with Crippen molar-refractivity contribution >= 4 is 16.9 Å². The number of nitrogens with one attached hydrogen (secondary N) is 1. The molecule has 0 radical (unpaired) electrons. The number of aryl methyl sites for hydroxylation is 2. The van der Waals surface area contributed by atoms with Crippen molar-refractivity contribution in [3.63, 3.8) is 0 Å². The van der Waals surface area contributed by atoms with Crippen LogP contribution in [0.4, 0.5) is 0 Å². The highest BCUT2D eigenvalue weighted by molar-refractivity contribution is 5.78. The summed E-state index contributed by atoms with van der Waals surface area (Å²) in [4.78, 5) is 16.9. The number of nitrogens with zero attached hydrogens (tertiary/aromatic N) is 2. The number of ether oxygens (including phenoxy) is 1. The van der Waals surface area contributed by atoms with Gasteiger partial charge in [0.25, 0.3) is 0 Å². The van der Waals surface area contributed by atoms with Crippen molar-refractivity contribution in [2.24, 2.45) is 7.05 Å². The molecule has 2 aromatic carbocycles. The minimum atomic E-state index is -0.138. The average molecular weight is 337 g/mol. The van der Waals surface area contributed by atoms with E-state index in [-0.39, 0.29) is 11.9 Å². The Bertz CT molecular complexity index is 868. The molecular weight excluding hydrogens is 314 g/mol. The summed E-state index contributed by atoms with van der Waals surface area (Å²) in [6.45, 7) is 1.96. The van der Waals surface area contributed by atoms with E-state index >= 15 is 0 Å². The van der Waals surface area contributed by atoms with E-state index in [1.807, 2.05) is 67.1 Å². The van der Waals surface area contributed by atoms with Crippen molar-refractivity contribution in [2.75, 3.05) is 7.11 Å². The van der Waals surface area contributed by atoms with E-state index < -0.39 is 0 Å². The number of rotatable bonds is 6. The predicted octanol–water partition coefficient (Wildman–Crippen LogP) is 3.39. The Morgan fingerprint density at radius 2 is 1.92 bits per heavy atom. The maximum atomic E-state index is 12.3. The number of methoxy groups -OCH3 is 1. The molecule has 5 heteroatoms. The molecule has 5 nitrogen and oxygen atoms in total. The molecule has 3 rings (SSSR count). The van der Waals surface area contributed by atoms with Crippen LogP contribution >= 0.6 is 0 Å². The maximum Gasteiger partial charge on any atom is 0.220 e. The fraction of sp³-hybridized carbons (Fsp3) is 0.300. The van der Waals surface area contributed by atoms with E-state index in [9.17, 15) is 4.79 Å². The van der Waals surface area contributed by atoms with Gasteiger partial charge in [-0.2, -0.15) is 0 Å². The fourth-order valence-electron chi connectivity index (χ4n) is 2.98. The van der Waals surface area contributed by atoms with Gasteiger partial charge in [0.1, 0.15) is 11.6 Å². The van der Waals surface area contributed by atoms with Crippen LogP contribution in [0.3, 0.4) is 0 Å². The van der Waals surface area contributed by atoms with E-state index in [0.717, 1.165) is 28.2 Å². The number of carbonyl (C=O) groups excluding carboxylic acids is 1. The van der Waals surface area contributed by atoms with Gasteiger partial charge in [-0.25, -0.2) is 4.98 Å². The van der Waals surface area contributed by atoms with Gasteiger partial charge in [0.2, 0.25) is 5.91 Å². The van der Waals surface area contributed by atoms with Crippen LogP contribution in [-0.4, -0.2) is 22.6 Å². The molecule has 0 aliphatic heterocycles. The minimum Gasteiger partial charge on any atom is -0.497 e. The van der Waals surface area contributed by atoms with Gasteiger partial charge in [0, 0.05) is 13.5 Å². The van der Waals surface area contributed by atoms with E-state index in [1.54, 1.807) is 7.11 Å². The largest absolute Gasteiger partial charge is 0.497 e. The molecule has 1 aromatic heterocycles. The second-order valence-electron chi connectivity index (χ2n) is 6.16. The normalized spacial score (nSPS) is 12.1. The van der Waals surface area contributed by atoms with Gasteiger partial charge in [0.05, 0.1) is 24.2 Å². The molecule has 1 amide bonds. The molecular formula is C20H23N3O2. The van der Waals surface area contributed by atoms with Gasteiger partial charge in [-0.1, -0.05) is 24.3 Å². The molecule has 130 valence electrons. The number of para-hydroxylation sites is 2. The zero-order valence-corrected chi connectivity index (χ0v) is 14.8. The highest BCUT2D eigenvalue weighted by Gasteiger charge is 2.16. The molecule has 1 N–H and O–H groups in total. The molecule has 0 aliphatic rings. The Labute approximate surface area is 147 Å². The first-order valence-electron chi connectivity index (χ1n) is 8.42. The molecule has 3 aromatic rings. The molecule has 0 saturated heterocycles. The van der Waals surface area contributed by atoms with Crippen molar-refractivity contribution in [3.05, 3.63) is 59.9 Å². The average Bonchev–Trinajstić information content (AvgIpc) is 2.98. The third-order valence-electron chi connectivity index (χ3n) is 4.39. The molecule has 0 spiro atoms. The SMILES string of the molecule is COc1ccc(CCC(=O)NC(C)c2nc3ccccc3n2C)cc1. The first-order valence-corrected chi connectivity index (χ1v) is 8.42. The second kappa shape index (κ2) is 7.38. The lowest BCUT2D eigenvalue weighted by atomic mass is 10.1. The molecule has 0 saturated carbocycles. The number of benzene rings is 2. The lowest BCUT2D eigenvalue weighted by Gasteiger charge is -2.14. The summed E-state index contributed by atoms with van der Waals surface area (Å²) in [7, 11) is 3.62. The molecule has 1 heterocycles. The lowest BCUT2D eigenvalue weighted by Crippen LogP contribution is -2.28. The summed E-state index contributed by atoms with van der Waals surface area (Å²) in [6.07, 6.45) is 1.14. The van der Waals surface area contributed by atoms with Crippen molar-refractivity contribution < 1.29 is 9.53 Å². The summed E-state index contributed by atoms with van der Waals surface area (Å²) < 4.78 is 7.18. The first kappa shape index (κ1) is 17.0. The van der Waals surface area contributed by atoms with Crippen LogP contribution in [0.25, 0.3) is 11.0 Å². The van der Waals surface area contributed by atoms with Gasteiger partial charge < -0.3 is 14.6 Å². The number of amides is 1. The van der Waals surface area contributed by atoms with Gasteiger partial charge in [-0.05, 0) is 43.2 Å². The molecule has 25 heavy (non-hydrogen) atoms. The van der Waals surface area contributed by atoms with Crippen molar-refractivity contribution in [1.82, 2.24) is 14.9 Å². The summed E-state index contributed by atoms with van der Waals surface area (Å²) >= 11 is 0. The number of aromatic nitrogens is 2. The van der Waals surface area contributed by atoms with Crippen LogP contribution in [-0.2, 0) is 18.3 Å². The van der Waals surface area contributed by atoms with Gasteiger partial charge in [-0.3, -0.25) is 4.79 Å². The third-order valence-corrected chi connectivity index (χ3v) is 4.39. The number of fused-ring (bicyclic) bond motifs is 1. The fourth-order valence-corrected chi connectivity index (χ4v) is 2.98. The Kier molecular flexibility index (Phi) is 5.03.